The first-order valence-corrected chi connectivity index (χ1v) is 11.0. The minimum Gasteiger partial charge on any atom is -0.491 e. The van der Waals surface area contributed by atoms with E-state index < -0.39 is 27.8 Å². The van der Waals surface area contributed by atoms with Crippen LogP contribution in [0.1, 0.15) is 31.1 Å². The molecule has 0 radical (unpaired) electrons. The lowest BCUT2D eigenvalue weighted by Gasteiger charge is -2.16. The predicted molar refractivity (Wildman–Crippen MR) is 112 cm³/mol. The van der Waals surface area contributed by atoms with Crippen molar-refractivity contribution in [2.75, 3.05) is 15.4 Å². The van der Waals surface area contributed by atoms with Gasteiger partial charge in [-0.15, -0.1) is 0 Å². The SMILES string of the molecule is CC(C)Oc1ccc(NC(=O)c2ccc(N3C(=O)[C@@H](C)CS3(=O)=O)cc2Cl)cc1. The lowest BCUT2D eigenvalue weighted by atomic mass is 10.1. The molecule has 2 aromatic carbocycles. The van der Waals surface area contributed by atoms with Gasteiger partial charge in [0.25, 0.3) is 5.91 Å². The molecular formula is C20H21ClN2O5S. The minimum atomic E-state index is -3.74. The van der Waals surface area contributed by atoms with Gasteiger partial charge in [0.2, 0.25) is 15.9 Å². The number of hydrogen-bond donors (Lipinski definition) is 1. The van der Waals surface area contributed by atoms with Crippen LogP contribution in [0.25, 0.3) is 0 Å². The Morgan fingerprint density at radius 3 is 2.38 bits per heavy atom. The quantitative estimate of drug-likeness (QED) is 0.771. The fourth-order valence-electron chi connectivity index (χ4n) is 2.99. The van der Waals surface area contributed by atoms with Gasteiger partial charge in [-0.25, -0.2) is 12.7 Å². The van der Waals surface area contributed by atoms with E-state index in [0.717, 1.165) is 4.31 Å². The van der Waals surface area contributed by atoms with Crippen LogP contribution in [0, 0.1) is 5.92 Å². The average molecular weight is 437 g/mol. The summed E-state index contributed by atoms with van der Waals surface area (Å²) >= 11 is 6.22. The van der Waals surface area contributed by atoms with E-state index in [-0.39, 0.29) is 28.1 Å². The van der Waals surface area contributed by atoms with Crippen molar-refractivity contribution in [3.05, 3.63) is 53.1 Å². The third kappa shape index (κ3) is 4.54. The van der Waals surface area contributed by atoms with E-state index in [1.165, 1.54) is 18.2 Å². The Morgan fingerprint density at radius 1 is 1.21 bits per heavy atom. The van der Waals surface area contributed by atoms with Crippen LogP contribution in [0.5, 0.6) is 5.75 Å². The van der Waals surface area contributed by atoms with Gasteiger partial charge >= 0.3 is 0 Å². The Balaban J connectivity index is 1.78. The number of carbonyl (C=O) groups excluding carboxylic acids is 2. The number of ether oxygens (including phenoxy) is 1. The summed E-state index contributed by atoms with van der Waals surface area (Å²) in [6.45, 7) is 5.40. The molecule has 1 N–H and O–H groups in total. The van der Waals surface area contributed by atoms with E-state index in [9.17, 15) is 18.0 Å². The van der Waals surface area contributed by atoms with Crippen LogP contribution >= 0.6 is 11.6 Å². The molecule has 29 heavy (non-hydrogen) atoms. The Bertz CT molecular complexity index is 1050. The molecular weight excluding hydrogens is 416 g/mol. The lowest BCUT2D eigenvalue weighted by Crippen LogP contribution is -2.30. The Labute approximate surface area is 174 Å². The Kier molecular flexibility index (Phi) is 5.86. The lowest BCUT2D eigenvalue weighted by molar-refractivity contribution is -0.119. The maximum Gasteiger partial charge on any atom is 0.257 e. The molecule has 1 aliphatic heterocycles. The molecule has 2 amide bonds. The molecule has 0 unspecified atom stereocenters. The first-order chi connectivity index (χ1) is 13.6. The van der Waals surface area contributed by atoms with Gasteiger partial charge in [0, 0.05) is 5.69 Å². The van der Waals surface area contributed by atoms with Gasteiger partial charge in [0.15, 0.2) is 0 Å². The van der Waals surface area contributed by atoms with Crippen molar-refractivity contribution in [3.8, 4) is 5.75 Å². The molecule has 1 aliphatic rings. The summed E-state index contributed by atoms with van der Waals surface area (Å²) in [6.07, 6.45) is 0.0436. The second kappa shape index (κ2) is 8.04. The molecule has 7 nitrogen and oxygen atoms in total. The summed E-state index contributed by atoms with van der Waals surface area (Å²) in [5.74, 6) is -1.15. The van der Waals surface area contributed by atoms with Gasteiger partial charge in [0.05, 0.1) is 34.0 Å². The highest BCUT2D eigenvalue weighted by molar-refractivity contribution is 7.94. The fourth-order valence-corrected chi connectivity index (χ4v) is 5.06. The minimum absolute atomic E-state index is 0.0436. The summed E-state index contributed by atoms with van der Waals surface area (Å²) < 4.78 is 30.7. The van der Waals surface area contributed by atoms with E-state index in [2.05, 4.69) is 5.32 Å². The van der Waals surface area contributed by atoms with E-state index in [1.807, 2.05) is 13.8 Å². The van der Waals surface area contributed by atoms with Crippen molar-refractivity contribution in [1.82, 2.24) is 0 Å². The van der Waals surface area contributed by atoms with E-state index in [0.29, 0.717) is 11.4 Å². The van der Waals surface area contributed by atoms with Crippen molar-refractivity contribution >= 4 is 44.8 Å². The van der Waals surface area contributed by atoms with Crippen LogP contribution in [-0.4, -0.2) is 32.1 Å². The summed E-state index contributed by atoms with van der Waals surface area (Å²) in [7, 11) is -3.74. The number of rotatable bonds is 5. The monoisotopic (exact) mass is 436 g/mol. The fraction of sp³-hybridized carbons (Fsp3) is 0.300. The number of nitrogens with zero attached hydrogens (tertiary/aromatic N) is 1. The third-order valence-corrected chi connectivity index (χ3v) is 6.46. The molecule has 0 spiro atoms. The van der Waals surface area contributed by atoms with Crippen LogP contribution < -0.4 is 14.4 Å². The number of sulfonamides is 1. The van der Waals surface area contributed by atoms with Crippen molar-refractivity contribution < 1.29 is 22.7 Å². The highest BCUT2D eigenvalue weighted by atomic mass is 35.5. The van der Waals surface area contributed by atoms with Gasteiger partial charge in [-0.3, -0.25) is 9.59 Å². The predicted octanol–water partition coefficient (Wildman–Crippen LogP) is 3.69. The highest BCUT2D eigenvalue weighted by Gasteiger charge is 2.42. The van der Waals surface area contributed by atoms with Crippen LogP contribution in [0.3, 0.4) is 0 Å². The molecule has 0 bridgehead atoms. The van der Waals surface area contributed by atoms with Crippen LogP contribution in [-0.2, 0) is 14.8 Å². The molecule has 9 heteroatoms. The largest absolute Gasteiger partial charge is 0.491 e. The molecule has 0 aromatic heterocycles. The second-order valence-corrected chi connectivity index (χ2v) is 9.36. The average Bonchev–Trinajstić information content (AvgIpc) is 2.83. The van der Waals surface area contributed by atoms with Crippen LogP contribution in [0.4, 0.5) is 11.4 Å². The zero-order valence-corrected chi connectivity index (χ0v) is 17.8. The van der Waals surface area contributed by atoms with Crippen LogP contribution in [0.2, 0.25) is 5.02 Å². The molecule has 3 rings (SSSR count). The van der Waals surface area contributed by atoms with E-state index in [4.69, 9.17) is 16.3 Å². The van der Waals surface area contributed by atoms with Gasteiger partial charge < -0.3 is 10.1 Å². The van der Waals surface area contributed by atoms with Crippen molar-refractivity contribution in [2.45, 2.75) is 26.9 Å². The first kappa shape index (κ1) is 21.1. The molecule has 1 fully saturated rings. The van der Waals surface area contributed by atoms with Crippen molar-refractivity contribution in [1.29, 1.82) is 0 Å². The highest BCUT2D eigenvalue weighted by Crippen LogP contribution is 2.31. The molecule has 1 heterocycles. The second-order valence-electron chi connectivity index (χ2n) is 7.09. The number of halogens is 1. The number of benzene rings is 2. The summed E-state index contributed by atoms with van der Waals surface area (Å²) in [5.41, 5.74) is 0.837. The summed E-state index contributed by atoms with van der Waals surface area (Å²) in [5, 5.41) is 2.77. The number of nitrogens with one attached hydrogen (secondary N) is 1. The maximum atomic E-state index is 12.5. The van der Waals surface area contributed by atoms with Gasteiger partial charge in [-0.1, -0.05) is 18.5 Å². The number of carbonyl (C=O) groups is 2. The van der Waals surface area contributed by atoms with Gasteiger partial charge in [-0.2, -0.15) is 0 Å². The Hall–Kier alpha value is -2.58. The summed E-state index contributed by atoms with van der Waals surface area (Å²) in [6, 6.07) is 11.0. The van der Waals surface area contributed by atoms with Crippen molar-refractivity contribution in [2.24, 2.45) is 5.92 Å². The van der Waals surface area contributed by atoms with Crippen molar-refractivity contribution in [3.63, 3.8) is 0 Å². The molecule has 154 valence electrons. The number of hydrogen-bond acceptors (Lipinski definition) is 5. The summed E-state index contributed by atoms with van der Waals surface area (Å²) in [4.78, 5) is 24.7. The first-order valence-electron chi connectivity index (χ1n) is 9.03. The molecule has 2 aromatic rings. The topological polar surface area (TPSA) is 92.8 Å². The van der Waals surface area contributed by atoms with Gasteiger partial charge in [-0.05, 0) is 56.3 Å². The van der Waals surface area contributed by atoms with E-state index >= 15 is 0 Å². The Morgan fingerprint density at radius 2 is 1.86 bits per heavy atom. The maximum absolute atomic E-state index is 12.5. The molecule has 0 saturated carbocycles. The zero-order chi connectivity index (χ0) is 21.3. The number of anilines is 2. The zero-order valence-electron chi connectivity index (χ0n) is 16.2. The molecule has 1 saturated heterocycles. The smallest absolute Gasteiger partial charge is 0.257 e. The van der Waals surface area contributed by atoms with E-state index in [1.54, 1.807) is 31.2 Å². The molecule has 1 atom stereocenters. The van der Waals surface area contributed by atoms with Crippen LogP contribution in [0.15, 0.2) is 42.5 Å². The number of amides is 2. The normalized spacial score (nSPS) is 18.2. The third-order valence-electron chi connectivity index (χ3n) is 4.28. The van der Waals surface area contributed by atoms with Gasteiger partial charge in [0.1, 0.15) is 5.75 Å². The standard InChI is InChI=1S/C20H21ClN2O5S/c1-12(2)28-16-7-4-14(5-8-16)22-19(24)17-9-6-15(10-18(17)21)23-20(25)13(3)11-29(23,26)27/h4-10,12-13H,11H2,1-3H3,(H,22,24)/t13-/m0/s1. The molecule has 0 aliphatic carbocycles.